The molecule has 0 unspecified atom stereocenters. The first-order valence-corrected chi connectivity index (χ1v) is 11.6. The molecule has 0 amide bonds. The van der Waals surface area contributed by atoms with E-state index in [-0.39, 0.29) is 0 Å². The molecule has 0 atom stereocenters. The Hall–Kier alpha value is -3.38. The number of pyridine rings is 1. The zero-order valence-electron chi connectivity index (χ0n) is 18.4. The monoisotopic (exact) mass is 440 g/mol. The molecule has 5 aromatic rings. The molecule has 0 aliphatic heterocycles. The number of hydrogen-bond donors (Lipinski definition) is 0. The van der Waals surface area contributed by atoms with Crippen molar-refractivity contribution in [3.8, 4) is 11.5 Å². The maximum atomic E-state index is 6.06. The largest absolute Gasteiger partial charge is 0.441 e. The van der Waals surface area contributed by atoms with Gasteiger partial charge in [-0.05, 0) is 44.0 Å². The number of aromatic nitrogens is 4. The summed E-state index contributed by atoms with van der Waals surface area (Å²) in [7, 11) is 0. The van der Waals surface area contributed by atoms with E-state index in [9.17, 15) is 0 Å². The highest BCUT2D eigenvalue weighted by Crippen LogP contribution is 2.30. The van der Waals surface area contributed by atoms with Crippen LogP contribution in [0.2, 0.25) is 0 Å². The van der Waals surface area contributed by atoms with Gasteiger partial charge in [0.05, 0.1) is 23.8 Å². The van der Waals surface area contributed by atoms with Crippen molar-refractivity contribution >= 4 is 22.8 Å². The van der Waals surface area contributed by atoms with Gasteiger partial charge >= 0.3 is 0 Å². The van der Waals surface area contributed by atoms with Gasteiger partial charge in [0.25, 0.3) is 0 Å². The number of hydrogen-bond acceptors (Lipinski definition) is 5. The minimum Gasteiger partial charge on any atom is -0.441 e. The molecule has 5 nitrogen and oxygen atoms in total. The summed E-state index contributed by atoms with van der Waals surface area (Å²) in [5, 5.41) is 0.953. The maximum absolute atomic E-state index is 6.06. The van der Waals surface area contributed by atoms with Crippen LogP contribution in [-0.2, 0) is 12.3 Å². The minimum absolute atomic E-state index is 0.583. The van der Waals surface area contributed by atoms with Crippen molar-refractivity contribution in [1.82, 2.24) is 19.5 Å². The molecule has 0 N–H and O–H groups in total. The molecule has 0 spiro atoms. The molecule has 0 aliphatic carbocycles. The van der Waals surface area contributed by atoms with E-state index >= 15 is 0 Å². The molecule has 160 valence electrons. The molecule has 6 heteroatoms. The van der Waals surface area contributed by atoms with Crippen LogP contribution >= 0.6 is 11.8 Å². The zero-order chi connectivity index (χ0) is 22.1. The molecule has 0 saturated carbocycles. The van der Waals surface area contributed by atoms with Gasteiger partial charge < -0.3 is 8.98 Å². The van der Waals surface area contributed by atoms with Gasteiger partial charge in [0.2, 0.25) is 5.89 Å². The number of nitrogens with zero attached hydrogens (tertiary/aromatic N) is 4. The predicted octanol–water partition coefficient (Wildman–Crippen LogP) is 6.35. The van der Waals surface area contributed by atoms with E-state index in [1.165, 1.54) is 11.1 Å². The number of imidazole rings is 1. The Kier molecular flexibility index (Phi) is 5.53. The zero-order valence-corrected chi connectivity index (χ0v) is 19.2. The summed E-state index contributed by atoms with van der Waals surface area (Å²) in [5.74, 6) is 2.33. The average molecular weight is 441 g/mol. The fraction of sp³-hybridized carbons (Fsp3) is 0.192. The number of benzene rings is 2. The molecule has 0 radical (unpaired) electrons. The molecule has 0 aliphatic rings. The molecule has 3 heterocycles. The third-order valence-corrected chi connectivity index (χ3v) is 6.59. The molecule has 0 saturated heterocycles. The van der Waals surface area contributed by atoms with Crippen LogP contribution < -0.4 is 0 Å². The van der Waals surface area contributed by atoms with Crippen LogP contribution in [0.15, 0.2) is 76.6 Å². The van der Waals surface area contributed by atoms with Crippen LogP contribution in [0.4, 0.5) is 0 Å². The second kappa shape index (κ2) is 8.63. The van der Waals surface area contributed by atoms with Crippen molar-refractivity contribution in [1.29, 1.82) is 0 Å². The Labute approximate surface area is 191 Å². The summed E-state index contributed by atoms with van der Waals surface area (Å²) in [6.45, 7) is 6.75. The van der Waals surface area contributed by atoms with Crippen molar-refractivity contribution in [2.45, 2.75) is 38.2 Å². The summed E-state index contributed by atoms with van der Waals surface area (Å²) >= 11 is 1.73. The molecule has 0 fully saturated rings. The molecule has 32 heavy (non-hydrogen) atoms. The minimum atomic E-state index is 0.583. The van der Waals surface area contributed by atoms with Crippen molar-refractivity contribution in [3.63, 3.8) is 0 Å². The lowest BCUT2D eigenvalue weighted by Crippen LogP contribution is -2.03. The van der Waals surface area contributed by atoms with Gasteiger partial charge in [-0.25, -0.2) is 9.97 Å². The van der Waals surface area contributed by atoms with Crippen molar-refractivity contribution in [3.05, 3.63) is 95.1 Å². The standard InChI is InChI=1S/C26H24N4OS/c1-17-7-6-9-20(13-17)16-32-26-29-22-11-12-27-14-24(22)30(26)15-23-19(3)31-25(28-23)21-10-5-4-8-18(21)2/h4-14H,15-16H2,1-3H3. The van der Waals surface area contributed by atoms with E-state index in [1.807, 2.05) is 37.4 Å². The maximum Gasteiger partial charge on any atom is 0.226 e. The number of thioether (sulfide) groups is 1. The first-order valence-electron chi connectivity index (χ1n) is 10.6. The first kappa shape index (κ1) is 20.5. The Morgan fingerprint density at radius 1 is 0.969 bits per heavy atom. The van der Waals surface area contributed by atoms with E-state index in [0.717, 1.165) is 44.5 Å². The fourth-order valence-corrected chi connectivity index (χ4v) is 4.77. The van der Waals surface area contributed by atoms with E-state index in [1.54, 1.807) is 18.0 Å². The van der Waals surface area contributed by atoms with Gasteiger partial charge in [-0.15, -0.1) is 0 Å². The second-order valence-corrected chi connectivity index (χ2v) is 8.90. The lowest BCUT2D eigenvalue weighted by atomic mass is 10.1. The van der Waals surface area contributed by atoms with Gasteiger partial charge in [0, 0.05) is 17.5 Å². The highest BCUT2D eigenvalue weighted by Gasteiger charge is 2.18. The summed E-state index contributed by atoms with van der Waals surface area (Å²) in [6, 6.07) is 18.7. The summed E-state index contributed by atoms with van der Waals surface area (Å²) < 4.78 is 8.25. The third-order valence-electron chi connectivity index (χ3n) is 5.54. The fourth-order valence-electron chi connectivity index (χ4n) is 3.81. The number of oxazole rings is 1. The van der Waals surface area contributed by atoms with Gasteiger partial charge in [-0.2, -0.15) is 0 Å². The highest BCUT2D eigenvalue weighted by molar-refractivity contribution is 7.98. The van der Waals surface area contributed by atoms with E-state index in [0.29, 0.717) is 12.4 Å². The molecule has 0 bridgehead atoms. The predicted molar refractivity (Wildman–Crippen MR) is 129 cm³/mol. The SMILES string of the molecule is Cc1cccc(CSc2nc3ccncc3n2Cc2nc(-c3ccccc3C)oc2C)c1. The summed E-state index contributed by atoms with van der Waals surface area (Å²) in [4.78, 5) is 14.1. The Balaban J connectivity index is 1.49. The lowest BCUT2D eigenvalue weighted by molar-refractivity contribution is 0.537. The molecule has 3 aromatic heterocycles. The van der Waals surface area contributed by atoms with Crippen LogP contribution in [0.1, 0.15) is 28.1 Å². The van der Waals surface area contributed by atoms with Gasteiger partial charge in [0.1, 0.15) is 11.5 Å². The van der Waals surface area contributed by atoms with Crippen LogP contribution in [0.3, 0.4) is 0 Å². The Morgan fingerprint density at radius 2 is 1.84 bits per heavy atom. The smallest absolute Gasteiger partial charge is 0.226 e. The second-order valence-electron chi connectivity index (χ2n) is 7.96. The van der Waals surface area contributed by atoms with E-state index in [4.69, 9.17) is 14.4 Å². The van der Waals surface area contributed by atoms with Crippen LogP contribution in [0.25, 0.3) is 22.5 Å². The van der Waals surface area contributed by atoms with Crippen LogP contribution in [-0.4, -0.2) is 19.5 Å². The van der Waals surface area contributed by atoms with Crippen LogP contribution in [0.5, 0.6) is 0 Å². The molecular weight excluding hydrogens is 416 g/mol. The first-order chi connectivity index (χ1) is 15.6. The number of fused-ring (bicyclic) bond motifs is 1. The van der Waals surface area contributed by atoms with Crippen molar-refractivity contribution < 1.29 is 4.42 Å². The topological polar surface area (TPSA) is 56.7 Å². The molecular formula is C26H24N4OS. The van der Waals surface area contributed by atoms with E-state index < -0.39 is 0 Å². The van der Waals surface area contributed by atoms with Gasteiger partial charge in [-0.1, -0.05) is 59.8 Å². The summed E-state index contributed by atoms with van der Waals surface area (Å²) in [6.07, 6.45) is 3.66. The third kappa shape index (κ3) is 4.06. The normalized spacial score (nSPS) is 11.3. The average Bonchev–Trinajstić information content (AvgIpc) is 3.33. The summed E-state index contributed by atoms with van der Waals surface area (Å²) in [5.41, 5.74) is 7.56. The lowest BCUT2D eigenvalue weighted by Gasteiger charge is -2.08. The van der Waals surface area contributed by atoms with Crippen LogP contribution in [0, 0.1) is 20.8 Å². The van der Waals surface area contributed by atoms with E-state index in [2.05, 4.69) is 53.7 Å². The van der Waals surface area contributed by atoms with Gasteiger partial charge in [0.15, 0.2) is 5.16 Å². The van der Waals surface area contributed by atoms with Gasteiger partial charge in [-0.3, -0.25) is 4.98 Å². The number of rotatable bonds is 6. The molecule has 5 rings (SSSR count). The number of aryl methyl sites for hydroxylation is 3. The van der Waals surface area contributed by atoms with Crippen molar-refractivity contribution in [2.24, 2.45) is 0 Å². The molecule has 2 aromatic carbocycles. The Morgan fingerprint density at radius 3 is 2.69 bits per heavy atom. The Bertz CT molecular complexity index is 1400. The quantitative estimate of drug-likeness (QED) is 0.288. The highest BCUT2D eigenvalue weighted by atomic mass is 32.2. The van der Waals surface area contributed by atoms with Crippen molar-refractivity contribution in [2.75, 3.05) is 0 Å².